The quantitative estimate of drug-likeness (QED) is 0.732. The second-order valence-corrected chi connectivity index (χ2v) is 7.15. The summed E-state index contributed by atoms with van der Waals surface area (Å²) in [6.45, 7) is 5.49. The molecule has 1 atom stereocenters. The molecule has 0 bridgehead atoms. The van der Waals surface area contributed by atoms with Crippen LogP contribution in [-0.2, 0) is 24.2 Å². The summed E-state index contributed by atoms with van der Waals surface area (Å²) in [7, 11) is 0. The Bertz CT molecular complexity index is 728. The average molecular weight is 353 g/mol. The van der Waals surface area contributed by atoms with Crippen molar-refractivity contribution in [2.24, 2.45) is 5.92 Å². The molecule has 1 unspecified atom stereocenters. The zero-order valence-corrected chi connectivity index (χ0v) is 15.5. The van der Waals surface area contributed by atoms with Gasteiger partial charge in [-0.1, -0.05) is 50.2 Å². The van der Waals surface area contributed by atoms with E-state index in [4.69, 9.17) is 9.47 Å². The van der Waals surface area contributed by atoms with Crippen molar-refractivity contribution in [3.63, 3.8) is 0 Å². The minimum Gasteiger partial charge on any atom is -0.489 e. The molecule has 138 valence electrons. The molecule has 3 rings (SSSR count). The number of fused-ring (bicyclic) bond motifs is 1. The first-order valence-corrected chi connectivity index (χ1v) is 9.32. The molecule has 2 aromatic carbocycles. The lowest BCUT2D eigenvalue weighted by molar-refractivity contribution is -0.110. The number of aryl methyl sites for hydroxylation is 1. The highest BCUT2D eigenvalue weighted by atomic mass is 16.5. The molecule has 1 amide bonds. The fourth-order valence-corrected chi connectivity index (χ4v) is 3.30. The molecule has 1 aliphatic rings. The predicted molar refractivity (Wildman–Crippen MR) is 103 cm³/mol. The van der Waals surface area contributed by atoms with E-state index in [1.165, 1.54) is 11.1 Å². The van der Waals surface area contributed by atoms with Crippen molar-refractivity contribution in [3.8, 4) is 11.5 Å². The number of nitrogens with one attached hydrogen (secondary N) is 1. The number of benzene rings is 2. The highest BCUT2D eigenvalue weighted by Gasteiger charge is 2.20. The van der Waals surface area contributed by atoms with E-state index in [-0.39, 0.29) is 6.04 Å². The maximum absolute atomic E-state index is 10.9. The molecular weight excluding hydrogens is 326 g/mol. The molecule has 0 aromatic heterocycles. The minimum atomic E-state index is 0.108. The van der Waals surface area contributed by atoms with Crippen LogP contribution in [0.25, 0.3) is 0 Å². The van der Waals surface area contributed by atoms with Gasteiger partial charge in [0.2, 0.25) is 6.41 Å². The van der Waals surface area contributed by atoms with Crippen LogP contribution >= 0.6 is 0 Å². The summed E-state index contributed by atoms with van der Waals surface area (Å²) < 4.78 is 12.0. The third kappa shape index (κ3) is 4.57. The molecule has 0 saturated carbocycles. The van der Waals surface area contributed by atoms with Crippen LogP contribution in [0.2, 0.25) is 0 Å². The molecule has 1 heterocycles. The highest BCUT2D eigenvalue weighted by molar-refractivity contribution is 5.51. The summed E-state index contributed by atoms with van der Waals surface area (Å²) in [5, 5.41) is 2.94. The number of hydrogen-bond donors (Lipinski definition) is 1. The zero-order valence-electron chi connectivity index (χ0n) is 15.5. The largest absolute Gasteiger partial charge is 0.489 e. The number of carbonyl (C=O) groups is 1. The Labute approximate surface area is 155 Å². The standard InChI is InChI=1S/C22H27NO3/c1-16(2)20(23-15-24)12-18-11-19-9-6-10-25-22(19)21(13-18)26-14-17-7-4-3-5-8-17/h3-5,7-8,11,13,15-16,20H,6,9-10,12,14H2,1-2H3,(H,23,24). The van der Waals surface area contributed by atoms with Gasteiger partial charge in [0.1, 0.15) is 6.61 Å². The summed E-state index contributed by atoms with van der Waals surface area (Å²) in [5.74, 6) is 2.04. The van der Waals surface area contributed by atoms with Gasteiger partial charge in [-0.25, -0.2) is 0 Å². The van der Waals surface area contributed by atoms with Gasteiger partial charge in [0.15, 0.2) is 11.5 Å². The lowest BCUT2D eigenvalue weighted by atomic mass is 9.94. The number of rotatable bonds is 8. The first-order valence-electron chi connectivity index (χ1n) is 9.32. The van der Waals surface area contributed by atoms with Gasteiger partial charge in [0.05, 0.1) is 6.61 Å². The van der Waals surface area contributed by atoms with E-state index >= 15 is 0 Å². The predicted octanol–water partition coefficient (Wildman–Crippen LogP) is 3.90. The van der Waals surface area contributed by atoms with Gasteiger partial charge in [-0.05, 0) is 47.9 Å². The Balaban J connectivity index is 1.83. The Morgan fingerprint density at radius 1 is 1.19 bits per heavy atom. The first-order chi connectivity index (χ1) is 12.7. The Kier molecular flexibility index (Phi) is 6.16. The van der Waals surface area contributed by atoms with Crippen LogP contribution in [0.15, 0.2) is 42.5 Å². The zero-order chi connectivity index (χ0) is 18.4. The monoisotopic (exact) mass is 353 g/mol. The van der Waals surface area contributed by atoms with Gasteiger partial charge in [0.25, 0.3) is 0 Å². The highest BCUT2D eigenvalue weighted by Crippen LogP contribution is 2.37. The summed E-state index contributed by atoms with van der Waals surface area (Å²) in [5.41, 5.74) is 3.50. The third-order valence-corrected chi connectivity index (χ3v) is 4.81. The van der Waals surface area contributed by atoms with Gasteiger partial charge < -0.3 is 14.8 Å². The fraction of sp³-hybridized carbons (Fsp3) is 0.409. The molecule has 0 saturated heterocycles. The van der Waals surface area contributed by atoms with Crippen molar-refractivity contribution in [3.05, 3.63) is 59.2 Å². The van der Waals surface area contributed by atoms with Crippen molar-refractivity contribution in [1.29, 1.82) is 0 Å². The molecule has 0 aliphatic carbocycles. The van der Waals surface area contributed by atoms with E-state index in [0.29, 0.717) is 12.5 Å². The van der Waals surface area contributed by atoms with Crippen LogP contribution < -0.4 is 14.8 Å². The molecule has 4 nitrogen and oxygen atoms in total. The van der Waals surface area contributed by atoms with Gasteiger partial charge in [-0.3, -0.25) is 4.79 Å². The molecule has 2 aromatic rings. The van der Waals surface area contributed by atoms with Crippen LogP contribution in [0.1, 0.15) is 37.0 Å². The Morgan fingerprint density at radius 2 is 2.00 bits per heavy atom. The second kappa shape index (κ2) is 8.75. The summed E-state index contributed by atoms with van der Waals surface area (Å²) in [6, 6.07) is 14.5. The molecular formula is C22H27NO3. The number of carbonyl (C=O) groups excluding carboxylic acids is 1. The van der Waals surface area contributed by atoms with E-state index in [2.05, 4.69) is 43.4 Å². The molecule has 0 spiro atoms. The van der Waals surface area contributed by atoms with Crippen LogP contribution in [-0.4, -0.2) is 19.1 Å². The van der Waals surface area contributed by atoms with Crippen molar-refractivity contribution in [2.75, 3.05) is 6.61 Å². The Morgan fingerprint density at radius 3 is 2.73 bits per heavy atom. The van der Waals surface area contributed by atoms with Crippen molar-refractivity contribution < 1.29 is 14.3 Å². The van der Waals surface area contributed by atoms with Crippen LogP contribution in [0.4, 0.5) is 0 Å². The van der Waals surface area contributed by atoms with Gasteiger partial charge in [-0.15, -0.1) is 0 Å². The van der Waals surface area contributed by atoms with Crippen LogP contribution in [0.3, 0.4) is 0 Å². The van der Waals surface area contributed by atoms with Crippen LogP contribution in [0.5, 0.6) is 11.5 Å². The maximum atomic E-state index is 10.9. The number of ether oxygens (including phenoxy) is 2. The van der Waals surface area contributed by atoms with Crippen molar-refractivity contribution in [2.45, 2.75) is 45.8 Å². The number of hydrogen-bond acceptors (Lipinski definition) is 3. The minimum absolute atomic E-state index is 0.108. The van der Waals surface area contributed by atoms with E-state index in [1.807, 2.05) is 18.2 Å². The molecule has 4 heteroatoms. The van der Waals surface area contributed by atoms with E-state index in [9.17, 15) is 4.79 Å². The van der Waals surface area contributed by atoms with Crippen LogP contribution in [0, 0.1) is 5.92 Å². The fourth-order valence-electron chi connectivity index (χ4n) is 3.30. The van der Waals surface area contributed by atoms with E-state index < -0.39 is 0 Å². The molecule has 26 heavy (non-hydrogen) atoms. The normalized spacial score (nSPS) is 14.3. The smallest absolute Gasteiger partial charge is 0.207 e. The van der Waals surface area contributed by atoms with E-state index in [1.54, 1.807) is 0 Å². The van der Waals surface area contributed by atoms with Crippen molar-refractivity contribution in [1.82, 2.24) is 5.32 Å². The molecule has 0 fully saturated rings. The van der Waals surface area contributed by atoms with Gasteiger partial charge in [-0.2, -0.15) is 0 Å². The van der Waals surface area contributed by atoms with Gasteiger partial charge in [0, 0.05) is 6.04 Å². The first kappa shape index (κ1) is 18.3. The Hall–Kier alpha value is -2.49. The third-order valence-electron chi connectivity index (χ3n) is 4.81. The lowest BCUT2D eigenvalue weighted by Gasteiger charge is -2.24. The molecule has 1 N–H and O–H groups in total. The molecule has 0 radical (unpaired) electrons. The van der Waals surface area contributed by atoms with Crippen molar-refractivity contribution >= 4 is 6.41 Å². The van der Waals surface area contributed by atoms with E-state index in [0.717, 1.165) is 49.3 Å². The summed E-state index contributed by atoms with van der Waals surface area (Å²) >= 11 is 0. The topological polar surface area (TPSA) is 47.6 Å². The summed E-state index contributed by atoms with van der Waals surface area (Å²) in [4.78, 5) is 10.9. The molecule has 1 aliphatic heterocycles. The number of amides is 1. The SMILES string of the molecule is CC(C)C(Cc1cc2c(c(OCc3ccccc3)c1)OCCC2)NC=O. The maximum Gasteiger partial charge on any atom is 0.207 e. The second-order valence-electron chi connectivity index (χ2n) is 7.15. The lowest BCUT2D eigenvalue weighted by Crippen LogP contribution is -2.34. The average Bonchev–Trinajstić information content (AvgIpc) is 2.66. The summed E-state index contributed by atoms with van der Waals surface area (Å²) in [6.07, 6.45) is 3.59. The van der Waals surface area contributed by atoms with Gasteiger partial charge >= 0.3 is 0 Å².